The molecule has 14 heteroatoms. The first-order valence-corrected chi connectivity index (χ1v) is 12.8. The number of nitrogens with one attached hydrogen (secondary N) is 3. The number of carbonyl (C=O) groups is 6. The van der Waals surface area contributed by atoms with Crippen LogP contribution in [0.4, 0.5) is 0 Å². The average Bonchev–Trinajstić information content (AvgIpc) is 2.83. The molecule has 4 atom stereocenters. The molecule has 13 nitrogen and oxygen atoms in total. The van der Waals surface area contributed by atoms with E-state index in [1.165, 1.54) is 11.8 Å². The molecule has 0 bridgehead atoms. The minimum atomic E-state index is -1.76. The predicted octanol–water partition coefficient (Wildman–Crippen LogP) is -1.41. The average molecular weight is 540 g/mol. The quantitative estimate of drug-likeness (QED) is 0.122. The zero-order valence-electron chi connectivity index (χ0n) is 20.3. The second-order valence-electron chi connectivity index (χ2n) is 8.20. The maximum Gasteiger partial charge on any atom is 0.326 e. The fraction of sp³-hybridized carbons (Fsp3) is 0.478. The highest BCUT2D eigenvalue weighted by molar-refractivity contribution is 7.98. The topological polar surface area (TPSA) is 231 Å². The first kappa shape index (κ1) is 31.4. The van der Waals surface area contributed by atoms with Gasteiger partial charge in [0.15, 0.2) is 0 Å². The number of carboxylic acids is 2. The molecule has 0 aliphatic heterocycles. The van der Waals surface area contributed by atoms with E-state index in [9.17, 15) is 33.9 Å². The van der Waals surface area contributed by atoms with Gasteiger partial charge in [0.25, 0.3) is 0 Å². The zero-order chi connectivity index (χ0) is 28.0. The Kier molecular flexibility index (Phi) is 13.7. The first-order chi connectivity index (χ1) is 17.4. The van der Waals surface area contributed by atoms with E-state index in [0.717, 1.165) is 5.56 Å². The van der Waals surface area contributed by atoms with Crippen molar-refractivity contribution in [3.8, 4) is 0 Å². The van der Waals surface area contributed by atoms with Crippen molar-refractivity contribution in [1.29, 1.82) is 0 Å². The number of carboxylic acid groups (broad SMARTS) is 2. The standard InChI is InChI=1S/C23H33N5O8S/c1-37-10-9-16(26-20(32)14(24)11-13-5-3-2-4-6-13)22(34)27-15(7-8-18(25)29)21(33)28-17(23(35)36)12-19(30)31/h2-6,14-17H,7-12,24H2,1H3,(H2,25,29)(H,26,32)(H,27,34)(H,28,33)(H,30,31)(H,35,36). The largest absolute Gasteiger partial charge is 0.481 e. The van der Waals surface area contributed by atoms with Gasteiger partial charge in [-0.15, -0.1) is 0 Å². The summed E-state index contributed by atoms with van der Waals surface area (Å²) in [7, 11) is 0. The molecule has 9 N–H and O–H groups in total. The Morgan fingerprint density at radius 1 is 0.865 bits per heavy atom. The summed E-state index contributed by atoms with van der Waals surface area (Å²) in [5.74, 6) is -5.71. The monoisotopic (exact) mass is 539 g/mol. The number of thioether (sulfide) groups is 1. The summed E-state index contributed by atoms with van der Waals surface area (Å²) in [6.07, 6.45) is 0.728. The van der Waals surface area contributed by atoms with Crippen LogP contribution in [0.5, 0.6) is 0 Å². The fourth-order valence-electron chi connectivity index (χ4n) is 3.22. The van der Waals surface area contributed by atoms with Crippen molar-refractivity contribution in [2.45, 2.75) is 56.3 Å². The van der Waals surface area contributed by atoms with Gasteiger partial charge in [0.05, 0.1) is 12.5 Å². The summed E-state index contributed by atoms with van der Waals surface area (Å²) >= 11 is 1.42. The third-order valence-electron chi connectivity index (χ3n) is 5.18. The predicted molar refractivity (Wildman–Crippen MR) is 135 cm³/mol. The Labute approximate surface area is 218 Å². The molecule has 204 valence electrons. The smallest absolute Gasteiger partial charge is 0.326 e. The van der Waals surface area contributed by atoms with Crippen LogP contribution in [-0.2, 0) is 35.2 Å². The summed E-state index contributed by atoms with van der Waals surface area (Å²) in [4.78, 5) is 72.0. The van der Waals surface area contributed by atoms with Gasteiger partial charge in [0.2, 0.25) is 23.6 Å². The van der Waals surface area contributed by atoms with Gasteiger partial charge in [-0.25, -0.2) is 4.79 Å². The maximum absolute atomic E-state index is 13.0. The van der Waals surface area contributed by atoms with E-state index >= 15 is 0 Å². The number of aliphatic carboxylic acids is 2. The molecule has 0 aromatic heterocycles. The lowest BCUT2D eigenvalue weighted by atomic mass is 10.0. The number of primary amides is 1. The molecule has 0 aliphatic carbocycles. The van der Waals surface area contributed by atoms with Gasteiger partial charge in [-0.1, -0.05) is 30.3 Å². The molecule has 37 heavy (non-hydrogen) atoms. The van der Waals surface area contributed by atoms with Gasteiger partial charge in [0, 0.05) is 6.42 Å². The molecule has 1 rings (SSSR count). The summed E-state index contributed by atoms with van der Waals surface area (Å²) in [6.45, 7) is 0. The van der Waals surface area contributed by atoms with E-state index in [-0.39, 0.29) is 25.7 Å². The van der Waals surface area contributed by atoms with Crippen molar-refractivity contribution in [2.75, 3.05) is 12.0 Å². The Balaban J connectivity index is 2.98. The number of nitrogens with two attached hydrogens (primary N) is 2. The molecule has 0 fully saturated rings. The molecule has 0 heterocycles. The molecule has 1 aromatic rings. The summed E-state index contributed by atoms with van der Waals surface area (Å²) < 4.78 is 0. The third-order valence-corrected chi connectivity index (χ3v) is 5.83. The number of benzene rings is 1. The normalized spacial score (nSPS) is 13.9. The minimum Gasteiger partial charge on any atom is -0.481 e. The number of amides is 4. The van der Waals surface area contributed by atoms with Crippen LogP contribution in [0.3, 0.4) is 0 Å². The van der Waals surface area contributed by atoms with Crippen molar-refractivity contribution in [3.05, 3.63) is 35.9 Å². The third kappa shape index (κ3) is 12.2. The molecule has 4 unspecified atom stereocenters. The Hall–Kier alpha value is -3.65. The zero-order valence-corrected chi connectivity index (χ0v) is 21.2. The van der Waals surface area contributed by atoms with E-state index in [0.29, 0.717) is 5.75 Å². The molecular formula is C23H33N5O8S. The number of hydrogen-bond donors (Lipinski definition) is 7. The number of carbonyl (C=O) groups excluding carboxylic acids is 4. The van der Waals surface area contributed by atoms with E-state index in [1.54, 1.807) is 18.4 Å². The van der Waals surface area contributed by atoms with Crippen molar-refractivity contribution in [3.63, 3.8) is 0 Å². The van der Waals surface area contributed by atoms with Gasteiger partial charge in [0.1, 0.15) is 18.1 Å². The maximum atomic E-state index is 13.0. The van der Waals surface area contributed by atoms with Gasteiger partial charge in [-0.05, 0) is 36.8 Å². The second-order valence-corrected chi connectivity index (χ2v) is 9.19. The van der Waals surface area contributed by atoms with Crippen molar-refractivity contribution >= 4 is 47.3 Å². The number of hydrogen-bond acceptors (Lipinski definition) is 8. The SMILES string of the molecule is CSCCC(NC(=O)C(N)Cc1ccccc1)C(=O)NC(CCC(N)=O)C(=O)NC(CC(=O)O)C(=O)O. The lowest BCUT2D eigenvalue weighted by molar-refractivity contribution is -0.147. The second kappa shape index (κ2) is 16.2. The van der Waals surface area contributed by atoms with Crippen LogP contribution in [0, 0.1) is 0 Å². The highest BCUT2D eigenvalue weighted by Gasteiger charge is 2.31. The summed E-state index contributed by atoms with van der Waals surface area (Å²) in [5.41, 5.74) is 12.0. The molecule has 4 amide bonds. The van der Waals surface area contributed by atoms with Gasteiger partial charge in [-0.2, -0.15) is 11.8 Å². The van der Waals surface area contributed by atoms with E-state index in [4.69, 9.17) is 16.6 Å². The fourth-order valence-corrected chi connectivity index (χ4v) is 3.69. The Morgan fingerprint density at radius 2 is 1.41 bits per heavy atom. The minimum absolute atomic E-state index is 0.192. The summed E-state index contributed by atoms with van der Waals surface area (Å²) in [5, 5.41) is 25.1. The van der Waals surface area contributed by atoms with Gasteiger partial charge >= 0.3 is 11.9 Å². The van der Waals surface area contributed by atoms with E-state index in [2.05, 4.69) is 10.6 Å². The molecule has 0 saturated heterocycles. The van der Waals surface area contributed by atoms with Crippen molar-refractivity contribution in [1.82, 2.24) is 16.0 Å². The van der Waals surface area contributed by atoms with Crippen LogP contribution in [-0.4, -0.2) is 82.0 Å². The van der Waals surface area contributed by atoms with E-state index < -0.39 is 66.2 Å². The summed E-state index contributed by atoms with van der Waals surface area (Å²) in [6, 6.07) is 3.83. The molecule has 0 aliphatic rings. The first-order valence-electron chi connectivity index (χ1n) is 11.4. The van der Waals surface area contributed by atoms with Crippen LogP contribution in [0.25, 0.3) is 0 Å². The van der Waals surface area contributed by atoms with E-state index in [1.807, 2.05) is 23.5 Å². The Morgan fingerprint density at radius 3 is 1.92 bits per heavy atom. The molecule has 1 aromatic carbocycles. The number of rotatable bonds is 17. The highest BCUT2D eigenvalue weighted by atomic mass is 32.2. The highest BCUT2D eigenvalue weighted by Crippen LogP contribution is 2.07. The van der Waals surface area contributed by atoms with Gasteiger partial charge < -0.3 is 37.6 Å². The molecule has 0 saturated carbocycles. The van der Waals surface area contributed by atoms with Crippen molar-refractivity contribution < 1.29 is 39.0 Å². The lowest BCUT2D eigenvalue weighted by Crippen LogP contribution is -2.57. The Bertz CT molecular complexity index is 962. The van der Waals surface area contributed by atoms with Crippen molar-refractivity contribution in [2.24, 2.45) is 11.5 Å². The van der Waals surface area contributed by atoms with Crippen LogP contribution in [0.2, 0.25) is 0 Å². The van der Waals surface area contributed by atoms with Gasteiger partial charge in [-0.3, -0.25) is 24.0 Å². The van der Waals surface area contributed by atoms with Crippen LogP contribution >= 0.6 is 11.8 Å². The molecule has 0 radical (unpaired) electrons. The molecular weight excluding hydrogens is 506 g/mol. The molecule has 0 spiro atoms. The lowest BCUT2D eigenvalue weighted by Gasteiger charge is -2.25. The van der Waals surface area contributed by atoms with Crippen LogP contribution in [0.15, 0.2) is 30.3 Å². The van der Waals surface area contributed by atoms with Crippen LogP contribution in [0.1, 0.15) is 31.2 Å². The van der Waals surface area contributed by atoms with Crippen LogP contribution < -0.4 is 27.4 Å².